The monoisotopic (exact) mass is 537 g/mol. The quantitative estimate of drug-likeness (QED) is 0.248. The molecule has 0 radical (unpaired) electrons. The van der Waals surface area contributed by atoms with E-state index in [1.165, 1.54) is 19.2 Å². The fraction of sp³-hybridized carbons (Fsp3) is 0.161. The number of nitrogens with one attached hydrogen (secondary N) is 2. The molecule has 5 rings (SSSR count). The summed E-state index contributed by atoms with van der Waals surface area (Å²) < 4.78 is 20.2. The fourth-order valence-electron chi connectivity index (χ4n) is 4.36. The van der Waals surface area contributed by atoms with Crippen molar-refractivity contribution >= 4 is 29.0 Å². The molecular weight excluding hydrogens is 509 g/mol. The van der Waals surface area contributed by atoms with Crippen LogP contribution in [-0.2, 0) is 17.6 Å². The molecule has 0 saturated heterocycles. The van der Waals surface area contributed by atoms with Gasteiger partial charge in [-0.2, -0.15) is 4.98 Å². The molecule has 2 N–H and O–H groups in total. The number of benzene rings is 3. The number of hydrogen-bond donors (Lipinski definition) is 2. The van der Waals surface area contributed by atoms with E-state index in [1.807, 2.05) is 49.5 Å². The number of rotatable bonds is 10. The van der Waals surface area contributed by atoms with Crippen molar-refractivity contribution in [1.29, 1.82) is 0 Å². The van der Waals surface area contributed by atoms with Gasteiger partial charge in [-0.1, -0.05) is 36.4 Å². The van der Waals surface area contributed by atoms with Gasteiger partial charge in [0.2, 0.25) is 5.95 Å². The summed E-state index contributed by atoms with van der Waals surface area (Å²) in [6.07, 6.45) is 2.46. The van der Waals surface area contributed by atoms with Crippen molar-refractivity contribution in [2.45, 2.75) is 19.8 Å². The molecule has 40 heavy (non-hydrogen) atoms. The predicted molar refractivity (Wildman–Crippen MR) is 152 cm³/mol. The molecule has 2 aromatic heterocycles. The number of anilines is 2. The standard InChI is InChI=1S/C31H28FN5O3/c1-3-33-30(39)23-10-14-27(28(18-23)40-2)34-31-35-29-15-11-24(19-37(29)36-31)22-8-4-20(5-9-22)16-26(38)17-21-6-12-25(32)13-7-21/h4-15,18-19H,3,16-17H2,1-2H3,(H,33,39)(H,34,36). The van der Waals surface area contributed by atoms with Gasteiger partial charge in [-0.25, -0.2) is 8.91 Å². The second kappa shape index (κ2) is 11.8. The largest absolute Gasteiger partial charge is 0.495 e. The lowest BCUT2D eigenvalue weighted by Crippen LogP contribution is -2.22. The number of carbonyl (C=O) groups excluding carboxylic acids is 2. The summed E-state index contributed by atoms with van der Waals surface area (Å²) in [4.78, 5) is 29.2. The Labute approximate surface area is 230 Å². The van der Waals surface area contributed by atoms with Gasteiger partial charge in [-0.05, 0) is 66.1 Å². The van der Waals surface area contributed by atoms with Crippen LogP contribution in [0.4, 0.5) is 16.0 Å². The average Bonchev–Trinajstić information content (AvgIpc) is 3.36. The van der Waals surface area contributed by atoms with Gasteiger partial charge < -0.3 is 15.4 Å². The molecular formula is C31H28FN5O3. The minimum Gasteiger partial charge on any atom is -0.495 e. The highest BCUT2D eigenvalue weighted by atomic mass is 19.1. The molecule has 2 heterocycles. The summed E-state index contributed by atoms with van der Waals surface area (Å²) in [6, 6.07) is 22.8. The van der Waals surface area contributed by atoms with Gasteiger partial charge in [-0.3, -0.25) is 9.59 Å². The van der Waals surface area contributed by atoms with Gasteiger partial charge in [0.05, 0.1) is 12.8 Å². The van der Waals surface area contributed by atoms with Crippen LogP contribution in [0.1, 0.15) is 28.4 Å². The summed E-state index contributed by atoms with van der Waals surface area (Å²) in [5, 5.41) is 10.5. The number of carbonyl (C=O) groups is 2. The minimum absolute atomic E-state index is 0.0684. The van der Waals surface area contributed by atoms with Crippen molar-refractivity contribution in [2.24, 2.45) is 0 Å². The van der Waals surface area contributed by atoms with E-state index in [1.54, 1.807) is 34.8 Å². The Kier molecular flexibility index (Phi) is 7.82. The van der Waals surface area contributed by atoms with Gasteiger partial charge >= 0.3 is 0 Å². The van der Waals surface area contributed by atoms with E-state index in [-0.39, 0.29) is 23.9 Å². The maximum atomic E-state index is 13.1. The number of hydrogen-bond acceptors (Lipinski definition) is 6. The van der Waals surface area contributed by atoms with Gasteiger partial charge in [0, 0.05) is 36.7 Å². The lowest BCUT2D eigenvalue weighted by atomic mass is 10.0. The molecule has 9 heteroatoms. The Morgan fingerprint density at radius 1 is 0.900 bits per heavy atom. The van der Waals surface area contributed by atoms with Crippen LogP contribution in [0.25, 0.3) is 16.8 Å². The molecule has 0 aliphatic heterocycles. The van der Waals surface area contributed by atoms with Gasteiger partial charge in [0.15, 0.2) is 5.65 Å². The average molecular weight is 538 g/mol. The number of amides is 1. The van der Waals surface area contributed by atoms with E-state index in [2.05, 4.69) is 20.7 Å². The van der Waals surface area contributed by atoms with Crippen LogP contribution in [0, 0.1) is 5.82 Å². The number of ether oxygens (including phenoxy) is 1. The van der Waals surface area contributed by atoms with E-state index in [4.69, 9.17) is 4.74 Å². The Bertz CT molecular complexity index is 1660. The highest BCUT2D eigenvalue weighted by molar-refractivity contribution is 5.95. The van der Waals surface area contributed by atoms with E-state index >= 15 is 0 Å². The van der Waals surface area contributed by atoms with Crippen molar-refractivity contribution in [3.05, 3.63) is 108 Å². The first kappa shape index (κ1) is 26.6. The number of aromatic nitrogens is 3. The third-order valence-corrected chi connectivity index (χ3v) is 6.38. The van der Waals surface area contributed by atoms with E-state index in [0.717, 1.165) is 22.3 Å². The molecule has 0 aliphatic rings. The lowest BCUT2D eigenvalue weighted by Gasteiger charge is -2.10. The van der Waals surface area contributed by atoms with Crippen LogP contribution in [0.15, 0.2) is 85.1 Å². The van der Waals surface area contributed by atoms with Crippen molar-refractivity contribution in [3.63, 3.8) is 0 Å². The molecule has 0 spiro atoms. The Morgan fingerprint density at radius 2 is 1.57 bits per heavy atom. The second-order valence-electron chi connectivity index (χ2n) is 9.27. The lowest BCUT2D eigenvalue weighted by molar-refractivity contribution is -0.117. The molecule has 0 aliphatic carbocycles. The normalized spacial score (nSPS) is 10.9. The number of halogens is 1. The van der Waals surface area contributed by atoms with Gasteiger partial charge in [-0.15, -0.1) is 5.10 Å². The van der Waals surface area contributed by atoms with Crippen LogP contribution < -0.4 is 15.4 Å². The number of nitrogens with zero attached hydrogens (tertiary/aromatic N) is 3. The van der Waals surface area contributed by atoms with Crippen molar-refractivity contribution in [1.82, 2.24) is 19.9 Å². The number of fused-ring (bicyclic) bond motifs is 1. The first-order valence-electron chi connectivity index (χ1n) is 12.9. The molecule has 5 aromatic rings. The molecule has 0 atom stereocenters. The van der Waals surface area contributed by atoms with E-state index in [9.17, 15) is 14.0 Å². The van der Waals surface area contributed by atoms with Crippen LogP contribution in [0.3, 0.4) is 0 Å². The van der Waals surface area contributed by atoms with Crippen molar-refractivity contribution in [3.8, 4) is 16.9 Å². The van der Waals surface area contributed by atoms with E-state index in [0.29, 0.717) is 41.6 Å². The number of ketones is 1. The summed E-state index contributed by atoms with van der Waals surface area (Å²) >= 11 is 0. The van der Waals surface area contributed by atoms with Crippen LogP contribution >= 0.6 is 0 Å². The summed E-state index contributed by atoms with van der Waals surface area (Å²) in [5.74, 6) is 0.470. The minimum atomic E-state index is -0.312. The van der Waals surface area contributed by atoms with E-state index < -0.39 is 0 Å². The zero-order valence-corrected chi connectivity index (χ0v) is 22.1. The third-order valence-electron chi connectivity index (χ3n) is 6.38. The molecule has 202 valence electrons. The van der Waals surface area contributed by atoms with Crippen LogP contribution in [-0.4, -0.2) is 39.9 Å². The van der Waals surface area contributed by atoms with Crippen molar-refractivity contribution in [2.75, 3.05) is 19.0 Å². The first-order valence-corrected chi connectivity index (χ1v) is 12.9. The van der Waals surface area contributed by atoms with Gasteiger partial charge in [0.1, 0.15) is 17.3 Å². The number of methoxy groups -OCH3 is 1. The van der Waals surface area contributed by atoms with Crippen LogP contribution in [0.5, 0.6) is 5.75 Å². The van der Waals surface area contributed by atoms with Crippen LogP contribution in [0.2, 0.25) is 0 Å². The maximum Gasteiger partial charge on any atom is 0.251 e. The molecule has 0 bridgehead atoms. The zero-order valence-electron chi connectivity index (χ0n) is 22.1. The first-order chi connectivity index (χ1) is 19.4. The predicted octanol–water partition coefficient (Wildman–Crippen LogP) is 5.39. The topological polar surface area (TPSA) is 97.6 Å². The Morgan fingerprint density at radius 3 is 2.25 bits per heavy atom. The highest BCUT2D eigenvalue weighted by Crippen LogP contribution is 2.28. The van der Waals surface area contributed by atoms with Crippen molar-refractivity contribution < 1.29 is 18.7 Å². The number of Topliss-reactive ketones (excluding diaryl/α,β-unsaturated/α-hetero) is 1. The Hall–Kier alpha value is -5.05. The fourth-order valence-corrected chi connectivity index (χ4v) is 4.36. The molecule has 0 saturated carbocycles. The molecule has 0 fully saturated rings. The maximum absolute atomic E-state index is 13.1. The molecule has 0 unspecified atom stereocenters. The zero-order chi connectivity index (χ0) is 28.1. The smallest absolute Gasteiger partial charge is 0.251 e. The molecule has 3 aromatic carbocycles. The molecule has 8 nitrogen and oxygen atoms in total. The second-order valence-corrected chi connectivity index (χ2v) is 9.27. The van der Waals surface area contributed by atoms with Gasteiger partial charge in [0.25, 0.3) is 5.91 Å². The Balaban J connectivity index is 1.27. The summed E-state index contributed by atoms with van der Waals surface area (Å²) in [5.41, 5.74) is 5.42. The highest BCUT2D eigenvalue weighted by Gasteiger charge is 2.13. The summed E-state index contributed by atoms with van der Waals surface area (Å²) in [7, 11) is 1.54. The molecule has 1 amide bonds. The number of pyridine rings is 1. The summed E-state index contributed by atoms with van der Waals surface area (Å²) in [6.45, 7) is 2.40. The SMILES string of the molecule is CCNC(=O)c1ccc(Nc2nc3ccc(-c4ccc(CC(=O)Cc5ccc(F)cc5)cc4)cn3n2)c(OC)c1. The third kappa shape index (κ3) is 6.15.